The van der Waals surface area contributed by atoms with Crippen LogP contribution >= 0.6 is 0 Å². The molecule has 0 aliphatic heterocycles. The third-order valence-corrected chi connectivity index (χ3v) is 13.7. The average Bonchev–Trinajstić information content (AvgIpc) is 3.95. The van der Waals surface area contributed by atoms with Crippen LogP contribution in [-0.4, -0.2) is 9.13 Å². The van der Waals surface area contributed by atoms with Crippen LogP contribution in [0, 0.1) is 0 Å². The van der Waals surface area contributed by atoms with Gasteiger partial charge in [-0.3, -0.25) is 0 Å². The van der Waals surface area contributed by atoms with Crippen LogP contribution in [0.2, 0.25) is 0 Å². The molecule has 11 aromatic carbocycles. The van der Waals surface area contributed by atoms with Crippen LogP contribution in [0.25, 0.3) is 99.5 Å². The monoisotopic (exact) mass is 879 g/mol. The number of benzene rings is 11. The van der Waals surface area contributed by atoms with E-state index in [1.54, 1.807) is 0 Å². The predicted octanol–water partition coefficient (Wildman–Crippen LogP) is 18.0. The second-order valence-electron chi connectivity index (χ2n) is 17.7. The average molecular weight is 880 g/mol. The number of nitrogens with zero attached hydrogens (tertiary/aromatic N) is 3. The lowest BCUT2D eigenvalue weighted by atomic mass is 10.0. The molecule has 0 spiro atoms. The first-order valence-corrected chi connectivity index (χ1v) is 23.7. The van der Waals surface area contributed by atoms with E-state index >= 15 is 0 Å². The van der Waals surface area contributed by atoms with E-state index in [-0.39, 0.29) is 0 Å². The lowest BCUT2D eigenvalue weighted by Gasteiger charge is -2.26. The molecule has 0 saturated heterocycles. The molecule has 2 aromatic heterocycles. The summed E-state index contributed by atoms with van der Waals surface area (Å²) < 4.78 is 4.90. The van der Waals surface area contributed by atoms with E-state index in [4.69, 9.17) is 0 Å². The highest BCUT2D eigenvalue weighted by molar-refractivity contribution is 6.26. The van der Waals surface area contributed by atoms with Gasteiger partial charge in [0.25, 0.3) is 0 Å². The molecular formula is C66H45N3. The zero-order valence-electron chi connectivity index (χ0n) is 37.8. The minimum absolute atomic E-state index is 1.09. The van der Waals surface area contributed by atoms with Crippen molar-refractivity contribution in [2.24, 2.45) is 0 Å². The van der Waals surface area contributed by atoms with Gasteiger partial charge in [-0.1, -0.05) is 194 Å². The molecule has 0 unspecified atom stereocenters. The van der Waals surface area contributed by atoms with Crippen molar-refractivity contribution >= 4 is 60.7 Å². The van der Waals surface area contributed by atoms with Crippen molar-refractivity contribution in [2.75, 3.05) is 4.90 Å². The minimum atomic E-state index is 1.09. The number of para-hydroxylation sites is 2. The van der Waals surface area contributed by atoms with Gasteiger partial charge < -0.3 is 14.0 Å². The smallest absolute Gasteiger partial charge is 0.0641 e. The van der Waals surface area contributed by atoms with Crippen LogP contribution in [0.15, 0.2) is 273 Å². The maximum absolute atomic E-state index is 2.47. The highest BCUT2D eigenvalue weighted by Crippen LogP contribution is 2.43. The van der Waals surface area contributed by atoms with Crippen LogP contribution in [-0.2, 0) is 0 Å². The minimum Gasteiger partial charge on any atom is -0.310 e. The van der Waals surface area contributed by atoms with Crippen molar-refractivity contribution < 1.29 is 0 Å². The van der Waals surface area contributed by atoms with E-state index in [1.807, 2.05) is 0 Å². The number of anilines is 3. The number of rotatable bonds is 9. The van der Waals surface area contributed by atoms with Crippen LogP contribution in [0.3, 0.4) is 0 Å². The summed E-state index contributed by atoms with van der Waals surface area (Å²) >= 11 is 0. The van der Waals surface area contributed by atoms with Gasteiger partial charge in [0.05, 0.1) is 22.1 Å². The molecule has 0 radical (unpaired) electrons. The Balaban J connectivity index is 0.888. The van der Waals surface area contributed by atoms with E-state index in [1.165, 1.54) is 77.0 Å². The summed E-state index contributed by atoms with van der Waals surface area (Å²) in [5, 5.41) is 4.97. The van der Waals surface area contributed by atoms with Gasteiger partial charge in [-0.2, -0.15) is 0 Å². The van der Waals surface area contributed by atoms with Crippen molar-refractivity contribution in [2.45, 2.75) is 0 Å². The summed E-state index contributed by atoms with van der Waals surface area (Å²) in [7, 11) is 0. The van der Waals surface area contributed by atoms with Gasteiger partial charge in [0.1, 0.15) is 0 Å². The quantitative estimate of drug-likeness (QED) is 0.141. The first-order chi connectivity index (χ1) is 34.2. The standard InChI is InChI=1S/C66H45N3/c1-4-15-46(16-5-1)49-27-35-54(36-28-49)67(58-22-14-21-53(45-58)48-19-8-3-9-20-48)55-37-29-51(30-38-55)52-33-41-57(42-34-52)69-62-25-12-10-23-59(62)60-43-44-64-65(66(60)69)61-24-11-13-26-63(61)68(64)56-39-31-50(32-40-56)47-17-6-2-7-18-47/h1-45H. The molecule has 0 amide bonds. The fraction of sp³-hybridized carbons (Fsp3) is 0. The molecule has 0 fully saturated rings. The molecule has 13 rings (SSSR count). The summed E-state index contributed by atoms with van der Waals surface area (Å²) in [6, 6.07) is 98.9. The Morgan fingerprint density at radius 3 is 1.17 bits per heavy atom. The van der Waals surface area contributed by atoms with Gasteiger partial charge in [-0.25, -0.2) is 0 Å². The molecule has 0 atom stereocenters. The zero-order valence-corrected chi connectivity index (χ0v) is 37.8. The van der Waals surface area contributed by atoms with Gasteiger partial charge in [-0.15, -0.1) is 0 Å². The molecule has 324 valence electrons. The van der Waals surface area contributed by atoms with E-state index in [9.17, 15) is 0 Å². The van der Waals surface area contributed by atoms with Gasteiger partial charge in [0.15, 0.2) is 0 Å². The first kappa shape index (κ1) is 40.1. The lowest BCUT2D eigenvalue weighted by molar-refractivity contribution is 1.17. The summed E-state index contributed by atoms with van der Waals surface area (Å²) in [4.78, 5) is 2.36. The van der Waals surface area contributed by atoms with Crippen LogP contribution in [0.4, 0.5) is 17.1 Å². The van der Waals surface area contributed by atoms with Gasteiger partial charge >= 0.3 is 0 Å². The lowest BCUT2D eigenvalue weighted by Crippen LogP contribution is -2.10. The number of fused-ring (bicyclic) bond motifs is 7. The second-order valence-corrected chi connectivity index (χ2v) is 17.7. The Morgan fingerprint density at radius 2 is 0.638 bits per heavy atom. The van der Waals surface area contributed by atoms with Gasteiger partial charge in [0.2, 0.25) is 0 Å². The zero-order chi connectivity index (χ0) is 45.7. The molecule has 0 saturated carbocycles. The fourth-order valence-corrected chi connectivity index (χ4v) is 10.4. The Hall–Kier alpha value is -9.18. The summed E-state index contributed by atoms with van der Waals surface area (Å²) in [6.45, 7) is 0. The molecule has 0 aliphatic carbocycles. The second kappa shape index (κ2) is 16.9. The van der Waals surface area contributed by atoms with E-state index in [0.717, 1.165) is 39.6 Å². The van der Waals surface area contributed by atoms with Crippen molar-refractivity contribution in [3.05, 3.63) is 273 Å². The topological polar surface area (TPSA) is 13.1 Å². The Labute approximate surface area is 401 Å². The summed E-state index contributed by atoms with van der Waals surface area (Å²) in [5.41, 5.74) is 19.9. The normalized spacial score (nSPS) is 11.5. The Morgan fingerprint density at radius 1 is 0.232 bits per heavy atom. The Kier molecular flexibility index (Phi) is 9.84. The van der Waals surface area contributed by atoms with E-state index in [0.29, 0.717) is 0 Å². The van der Waals surface area contributed by atoms with Crippen LogP contribution in [0.1, 0.15) is 0 Å². The largest absolute Gasteiger partial charge is 0.310 e. The van der Waals surface area contributed by atoms with Crippen molar-refractivity contribution in [3.63, 3.8) is 0 Å². The highest BCUT2D eigenvalue weighted by atomic mass is 15.1. The number of hydrogen-bond acceptors (Lipinski definition) is 1. The van der Waals surface area contributed by atoms with Gasteiger partial charge in [-0.05, 0) is 123 Å². The molecule has 0 bridgehead atoms. The maximum Gasteiger partial charge on any atom is 0.0641 e. The SMILES string of the molecule is c1ccc(-c2ccc(N(c3ccc(-c4ccc(-n5c6ccccc6c6ccc7c(c8ccccc8n7-c7ccc(-c8ccccc8)cc7)c65)cc4)cc3)c3cccc(-c4ccccc4)c3)cc2)cc1. The van der Waals surface area contributed by atoms with Crippen LogP contribution in [0.5, 0.6) is 0 Å². The fourth-order valence-electron chi connectivity index (χ4n) is 10.4. The molecule has 0 aliphatic rings. The highest BCUT2D eigenvalue weighted by Gasteiger charge is 2.21. The maximum atomic E-state index is 2.47. The van der Waals surface area contributed by atoms with Crippen LogP contribution < -0.4 is 4.90 Å². The number of aromatic nitrogens is 2. The molecular weight excluding hydrogens is 835 g/mol. The van der Waals surface area contributed by atoms with E-state index in [2.05, 4.69) is 287 Å². The van der Waals surface area contributed by atoms with Gasteiger partial charge in [0, 0.05) is 50.0 Å². The number of hydrogen-bond donors (Lipinski definition) is 0. The molecule has 69 heavy (non-hydrogen) atoms. The molecule has 2 heterocycles. The molecule has 0 N–H and O–H groups in total. The third-order valence-electron chi connectivity index (χ3n) is 13.7. The van der Waals surface area contributed by atoms with E-state index < -0.39 is 0 Å². The van der Waals surface area contributed by atoms with Crippen molar-refractivity contribution in [1.29, 1.82) is 0 Å². The predicted molar refractivity (Wildman–Crippen MR) is 292 cm³/mol. The summed E-state index contributed by atoms with van der Waals surface area (Å²) in [6.07, 6.45) is 0. The molecule has 13 aromatic rings. The van der Waals surface area contributed by atoms with Crippen molar-refractivity contribution in [1.82, 2.24) is 9.13 Å². The molecule has 3 heteroatoms. The Bertz CT molecular complexity index is 3940. The summed E-state index contributed by atoms with van der Waals surface area (Å²) in [5.74, 6) is 0. The third kappa shape index (κ3) is 7.08. The first-order valence-electron chi connectivity index (χ1n) is 23.7. The molecule has 3 nitrogen and oxygen atoms in total. The van der Waals surface area contributed by atoms with Crippen molar-refractivity contribution in [3.8, 4) is 55.9 Å².